The van der Waals surface area contributed by atoms with E-state index in [1.54, 1.807) is 4.68 Å². The fourth-order valence-electron chi connectivity index (χ4n) is 1.73. The first-order valence-corrected chi connectivity index (χ1v) is 5.91. The molecule has 3 aromatic rings. The molecule has 2 aromatic heterocycles. The molecule has 0 radical (unpaired) electrons. The van der Waals surface area contributed by atoms with Crippen molar-refractivity contribution in [3.05, 3.63) is 47.1 Å². The number of rotatable bonds is 1. The summed E-state index contributed by atoms with van der Waals surface area (Å²) in [5, 5.41) is 4.43. The van der Waals surface area contributed by atoms with Crippen LogP contribution in [0.2, 0.25) is 0 Å². The second-order valence-corrected chi connectivity index (χ2v) is 4.45. The highest BCUT2D eigenvalue weighted by molar-refractivity contribution is 9.10. The number of aromatic nitrogens is 3. The zero-order valence-corrected chi connectivity index (χ0v) is 10.4. The number of hydrogen-bond donors (Lipinski definition) is 1. The van der Waals surface area contributed by atoms with Crippen molar-refractivity contribution in [3.63, 3.8) is 0 Å². The van der Waals surface area contributed by atoms with E-state index in [-0.39, 0.29) is 0 Å². The highest BCUT2D eigenvalue weighted by atomic mass is 79.9. The molecule has 3 rings (SSSR count). The van der Waals surface area contributed by atoms with Gasteiger partial charge in [0.05, 0.1) is 5.69 Å². The van der Waals surface area contributed by atoms with Crippen LogP contribution in [-0.4, -0.2) is 14.8 Å². The van der Waals surface area contributed by atoms with Gasteiger partial charge in [0.25, 0.3) is 0 Å². The Balaban J connectivity index is 2.28. The lowest BCUT2D eigenvalue weighted by Gasteiger charge is -2.01. The van der Waals surface area contributed by atoms with E-state index in [1.807, 2.05) is 42.5 Å². The van der Waals surface area contributed by atoms with Crippen molar-refractivity contribution >= 4 is 32.8 Å². The van der Waals surface area contributed by atoms with E-state index in [4.69, 9.17) is 5.73 Å². The minimum absolute atomic E-state index is 0.549. The quantitative estimate of drug-likeness (QED) is 0.701. The molecular weight excluding hydrogens is 280 g/mol. The van der Waals surface area contributed by atoms with Crippen LogP contribution in [0.5, 0.6) is 0 Å². The molecular formula is C12H9BrN4. The molecule has 5 heteroatoms. The van der Waals surface area contributed by atoms with Crippen molar-refractivity contribution in [2.75, 3.05) is 5.73 Å². The predicted octanol–water partition coefficient (Wildman–Crippen LogP) is 2.77. The van der Waals surface area contributed by atoms with Crippen molar-refractivity contribution < 1.29 is 0 Å². The summed E-state index contributed by atoms with van der Waals surface area (Å²) in [7, 11) is 0. The molecule has 0 saturated heterocycles. The van der Waals surface area contributed by atoms with E-state index >= 15 is 0 Å². The van der Waals surface area contributed by atoms with Gasteiger partial charge in [-0.3, -0.25) is 0 Å². The fourth-order valence-corrected chi connectivity index (χ4v) is 2.03. The zero-order chi connectivity index (χ0) is 11.8. The van der Waals surface area contributed by atoms with Gasteiger partial charge in [-0.15, -0.1) is 0 Å². The second kappa shape index (κ2) is 3.85. The number of nitrogen functional groups attached to an aromatic ring is 1. The van der Waals surface area contributed by atoms with Crippen LogP contribution in [0.3, 0.4) is 0 Å². The maximum atomic E-state index is 6.06. The average Bonchev–Trinajstić information content (AvgIpc) is 2.68. The van der Waals surface area contributed by atoms with Gasteiger partial charge < -0.3 is 5.73 Å². The van der Waals surface area contributed by atoms with Crippen LogP contribution in [0.4, 0.5) is 5.82 Å². The summed E-state index contributed by atoms with van der Waals surface area (Å²) in [6, 6.07) is 13.5. The van der Waals surface area contributed by atoms with Gasteiger partial charge >= 0.3 is 0 Å². The van der Waals surface area contributed by atoms with E-state index in [9.17, 15) is 0 Å². The first-order chi connectivity index (χ1) is 8.25. The Hall–Kier alpha value is -1.88. The minimum atomic E-state index is 0.549. The van der Waals surface area contributed by atoms with E-state index in [1.165, 1.54) is 0 Å². The van der Waals surface area contributed by atoms with Crippen molar-refractivity contribution in [2.45, 2.75) is 0 Å². The van der Waals surface area contributed by atoms with E-state index in [2.05, 4.69) is 26.0 Å². The fraction of sp³-hybridized carbons (Fsp3) is 0. The van der Waals surface area contributed by atoms with Crippen molar-refractivity contribution in [3.8, 4) is 5.69 Å². The third-order valence-corrected chi connectivity index (χ3v) is 2.96. The second-order valence-electron chi connectivity index (χ2n) is 3.63. The largest absolute Gasteiger partial charge is 0.382 e. The van der Waals surface area contributed by atoms with Crippen molar-refractivity contribution in [1.29, 1.82) is 0 Å². The van der Waals surface area contributed by atoms with Crippen LogP contribution in [0.1, 0.15) is 0 Å². The third-order valence-electron chi connectivity index (χ3n) is 2.52. The summed E-state index contributed by atoms with van der Waals surface area (Å²) >= 11 is 3.33. The van der Waals surface area contributed by atoms with Gasteiger partial charge in [-0.05, 0) is 40.2 Å². The number of benzene rings is 1. The van der Waals surface area contributed by atoms with Gasteiger partial charge in [-0.25, -0.2) is 9.67 Å². The number of nitrogens with two attached hydrogens (primary N) is 1. The Morgan fingerprint density at radius 3 is 2.59 bits per heavy atom. The van der Waals surface area contributed by atoms with E-state index < -0.39 is 0 Å². The first-order valence-electron chi connectivity index (χ1n) is 5.12. The molecule has 0 aliphatic rings. The van der Waals surface area contributed by atoms with E-state index in [0.717, 1.165) is 15.8 Å². The summed E-state index contributed by atoms with van der Waals surface area (Å²) in [5.41, 5.74) is 8.48. The Labute approximate surface area is 106 Å². The van der Waals surface area contributed by atoms with Gasteiger partial charge in [0.1, 0.15) is 15.6 Å². The molecule has 0 atom stereocenters. The lowest BCUT2D eigenvalue weighted by atomic mass is 10.3. The normalized spacial score (nSPS) is 10.9. The molecule has 0 aliphatic carbocycles. The van der Waals surface area contributed by atoms with Crippen molar-refractivity contribution in [2.24, 2.45) is 0 Å². The average molecular weight is 289 g/mol. The van der Waals surface area contributed by atoms with Gasteiger partial charge in [0.2, 0.25) is 0 Å². The van der Waals surface area contributed by atoms with Crippen LogP contribution in [0.25, 0.3) is 16.7 Å². The Bertz CT molecular complexity index is 676. The molecule has 0 aliphatic heterocycles. The summed E-state index contributed by atoms with van der Waals surface area (Å²) in [4.78, 5) is 4.33. The number of pyridine rings is 1. The number of anilines is 1. The zero-order valence-electron chi connectivity index (χ0n) is 8.84. The van der Waals surface area contributed by atoms with Gasteiger partial charge in [0, 0.05) is 0 Å². The van der Waals surface area contributed by atoms with Crippen LogP contribution < -0.4 is 5.73 Å². The lowest BCUT2D eigenvalue weighted by molar-refractivity contribution is 0.907. The van der Waals surface area contributed by atoms with Gasteiger partial charge in [-0.2, -0.15) is 5.10 Å². The number of para-hydroxylation sites is 1. The summed E-state index contributed by atoms with van der Waals surface area (Å²) in [6.07, 6.45) is 0. The molecule has 2 N–H and O–H groups in total. The van der Waals surface area contributed by atoms with Crippen LogP contribution in [0.15, 0.2) is 47.1 Å². The van der Waals surface area contributed by atoms with Crippen molar-refractivity contribution in [1.82, 2.24) is 14.8 Å². The predicted molar refractivity (Wildman–Crippen MR) is 71.0 cm³/mol. The third kappa shape index (κ3) is 1.68. The van der Waals surface area contributed by atoms with Gasteiger partial charge in [0.15, 0.2) is 5.82 Å². The number of nitrogens with zero attached hydrogens (tertiary/aromatic N) is 3. The summed E-state index contributed by atoms with van der Waals surface area (Å²) < 4.78 is 2.45. The van der Waals surface area contributed by atoms with Crippen LogP contribution in [0, 0.1) is 0 Å². The van der Waals surface area contributed by atoms with E-state index in [0.29, 0.717) is 11.3 Å². The minimum Gasteiger partial charge on any atom is -0.382 e. The maximum absolute atomic E-state index is 6.06. The topological polar surface area (TPSA) is 56.7 Å². The SMILES string of the molecule is Nc1c2nc(Br)ccc2nn1-c1ccccc1. The Morgan fingerprint density at radius 2 is 1.82 bits per heavy atom. The summed E-state index contributed by atoms with van der Waals surface area (Å²) in [6.45, 7) is 0. The molecule has 0 bridgehead atoms. The smallest absolute Gasteiger partial charge is 0.153 e. The monoisotopic (exact) mass is 288 g/mol. The van der Waals surface area contributed by atoms with Crippen LogP contribution in [-0.2, 0) is 0 Å². The molecule has 1 aromatic carbocycles. The highest BCUT2D eigenvalue weighted by Crippen LogP contribution is 2.23. The first kappa shape index (κ1) is 10.3. The molecule has 0 amide bonds. The molecule has 0 fully saturated rings. The molecule has 84 valence electrons. The molecule has 0 saturated carbocycles. The molecule has 4 nitrogen and oxygen atoms in total. The Kier molecular flexibility index (Phi) is 2.33. The number of halogens is 1. The number of fused-ring (bicyclic) bond motifs is 1. The highest BCUT2D eigenvalue weighted by Gasteiger charge is 2.10. The molecule has 17 heavy (non-hydrogen) atoms. The standard InChI is InChI=1S/C12H9BrN4/c13-10-7-6-9-11(15-10)12(14)17(16-9)8-4-2-1-3-5-8/h1-7H,14H2. The summed E-state index contributed by atoms with van der Waals surface area (Å²) in [5.74, 6) is 0.549. The van der Waals surface area contributed by atoms with Crippen LogP contribution >= 0.6 is 15.9 Å². The van der Waals surface area contributed by atoms with Gasteiger partial charge in [-0.1, -0.05) is 18.2 Å². The Morgan fingerprint density at radius 1 is 1.06 bits per heavy atom. The number of hydrogen-bond acceptors (Lipinski definition) is 3. The molecule has 0 unspecified atom stereocenters. The molecule has 2 heterocycles. The maximum Gasteiger partial charge on any atom is 0.153 e. The lowest BCUT2D eigenvalue weighted by Crippen LogP contribution is -2.01. The molecule has 0 spiro atoms.